The molecule has 4 nitrogen and oxygen atoms in total. The van der Waals surface area contributed by atoms with Gasteiger partial charge >= 0.3 is 0 Å². The van der Waals surface area contributed by atoms with Crippen LogP contribution in [0.2, 0.25) is 0 Å². The monoisotopic (exact) mass is 141 g/mol. The summed E-state index contributed by atoms with van der Waals surface area (Å²) in [4.78, 5) is 21.0. The van der Waals surface area contributed by atoms with Gasteiger partial charge in [-0.2, -0.15) is 0 Å². The molecule has 0 fully saturated rings. The topological polar surface area (TPSA) is 69.4 Å². The summed E-state index contributed by atoms with van der Waals surface area (Å²) in [5.74, 6) is 0.0208. The molecule has 1 aromatic rings. The molecule has 0 aromatic heterocycles. The lowest BCUT2D eigenvalue weighted by Gasteiger charge is -2.05. The number of rotatable bonds is 2. The molecule has 2 N–H and O–H groups in total. The lowest BCUT2D eigenvalue weighted by atomic mass is 10.2. The molecular weight excluding hydrogens is 134 g/mol. The van der Waals surface area contributed by atoms with Crippen molar-refractivity contribution >= 4 is 5.69 Å². The maximum Gasteiger partial charge on any atom is 0.271 e. The maximum absolute atomic E-state index is 10.5. The Morgan fingerprint density at radius 2 is 2.00 bits per heavy atom. The number of hydrogen-bond acceptors (Lipinski definition) is 4. The summed E-state index contributed by atoms with van der Waals surface area (Å²) in [6, 6.07) is 0. The lowest BCUT2D eigenvalue weighted by molar-refractivity contribution is 0.335. The summed E-state index contributed by atoms with van der Waals surface area (Å²) in [7, 11) is 0. The molecule has 0 radical (unpaired) electrons. The van der Waals surface area contributed by atoms with Crippen LogP contribution in [0, 0.1) is 0 Å². The molecule has 54 valence electrons. The molecule has 0 spiro atoms. The second-order valence-corrected chi connectivity index (χ2v) is 1.83. The van der Waals surface area contributed by atoms with Gasteiger partial charge in [0.2, 0.25) is 0 Å². The fraction of sp³-hybridized carbons (Fsp3) is 0.333. The minimum Gasteiger partial charge on any atom is -0.488 e. The van der Waals surface area contributed by atoms with Crippen molar-refractivity contribution in [2.75, 3.05) is 12.3 Å². The van der Waals surface area contributed by atoms with Crippen LogP contribution in [0.3, 0.4) is 0 Å². The number of anilines is 1. The Morgan fingerprint density at radius 1 is 1.40 bits per heavy atom. The molecule has 0 heterocycles. The van der Waals surface area contributed by atoms with Gasteiger partial charge in [-0.3, -0.25) is 9.59 Å². The second kappa shape index (κ2) is 2.13. The van der Waals surface area contributed by atoms with Crippen molar-refractivity contribution in [3.05, 3.63) is 20.4 Å². The van der Waals surface area contributed by atoms with Crippen molar-refractivity contribution in [1.29, 1.82) is 0 Å². The summed E-state index contributed by atoms with van der Waals surface area (Å²) in [6.45, 7) is 2.07. The second-order valence-electron chi connectivity index (χ2n) is 1.83. The van der Waals surface area contributed by atoms with E-state index in [1.165, 1.54) is 0 Å². The Morgan fingerprint density at radius 3 is 2.40 bits per heavy atom. The van der Waals surface area contributed by atoms with Crippen LogP contribution in [0.5, 0.6) is 5.75 Å². The van der Waals surface area contributed by atoms with E-state index < -0.39 is 10.9 Å². The molecule has 0 amide bonds. The molecule has 0 bridgehead atoms. The molecule has 10 heavy (non-hydrogen) atoms. The minimum absolute atomic E-state index is 0.0208. The fourth-order valence-corrected chi connectivity index (χ4v) is 0.676. The zero-order chi connectivity index (χ0) is 7.72. The van der Waals surface area contributed by atoms with Gasteiger partial charge in [0.25, 0.3) is 10.9 Å². The quantitative estimate of drug-likeness (QED) is 0.551. The van der Waals surface area contributed by atoms with E-state index in [-0.39, 0.29) is 11.4 Å². The fourth-order valence-electron chi connectivity index (χ4n) is 0.676. The maximum atomic E-state index is 10.5. The van der Waals surface area contributed by atoms with Crippen LogP contribution < -0.4 is 21.3 Å². The summed E-state index contributed by atoms with van der Waals surface area (Å²) >= 11 is 0. The third kappa shape index (κ3) is 0.689. The molecule has 0 aliphatic heterocycles. The highest BCUT2D eigenvalue weighted by molar-refractivity contribution is 5.57. The first kappa shape index (κ1) is 6.80. The van der Waals surface area contributed by atoms with Gasteiger partial charge in [-0.1, -0.05) is 0 Å². The largest absolute Gasteiger partial charge is 0.488 e. The van der Waals surface area contributed by atoms with E-state index in [0.29, 0.717) is 6.61 Å². The van der Waals surface area contributed by atoms with Gasteiger partial charge in [0.1, 0.15) is 5.69 Å². The Balaban J connectivity index is 2.99. The van der Waals surface area contributed by atoms with E-state index in [1.54, 1.807) is 6.92 Å². The molecule has 0 aliphatic rings. The summed E-state index contributed by atoms with van der Waals surface area (Å²) < 4.78 is 4.76. The number of ether oxygens (including phenoxy) is 1. The van der Waals surface area contributed by atoms with E-state index in [4.69, 9.17) is 10.5 Å². The van der Waals surface area contributed by atoms with Crippen molar-refractivity contribution in [1.82, 2.24) is 0 Å². The van der Waals surface area contributed by atoms with Gasteiger partial charge in [-0.15, -0.1) is 0 Å². The molecule has 0 aliphatic carbocycles. The average Bonchev–Trinajstić information content (AvgIpc) is 1.98. The first-order chi connectivity index (χ1) is 4.68. The van der Waals surface area contributed by atoms with E-state index in [2.05, 4.69) is 0 Å². The van der Waals surface area contributed by atoms with E-state index in [0.717, 1.165) is 0 Å². The third-order valence-electron chi connectivity index (χ3n) is 1.19. The van der Waals surface area contributed by atoms with Gasteiger partial charge in [-0.25, -0.2) is 0 Å². The molecule has 0 unspecified atom stereocenters. The summed E-state index contributed by atoms with van der Waals surface area (Å²) in [5.41, 5.74) is 3.83. The predicted molar refractivity (Wildman–Crippen MR) is 36.9 cm³/mol. The van der Waals surface area contributed by atoms with Crippen molar-refractivity contribution < 1.29 is 4.74 Å². The van der Waals surface area contributed by atoms with Crippen molar-refractivity contribution in [3.63, 3.8) is 0 Å². The first-order valence-electron chi connectivity index (χ1n) is 2.90. The van der Waals surface area contributed by atoms with E-state index in [1.807, 2.05) is 0 Å². The summed E-state index contributed by atoms with van der Waals surface area (Å²) in [5, 5.41) is 0. The van der Waals surface area contributed by atoms with Gasteiger partial charge in [0, 0.05) is 0 Å². The van der Waals surface area contributed by atoms with Crippen LogP contribution in [0.4, 0.5) is 5.69 Å². The highest BCUT2D eigenvalue weighted by Crippen LogP contribution is 2.11. The highest BCUT2D eigenvalue weighted by Gasteiger charge is 2.18. The third-order valence-corrected chi connectivity index (χ3v) is 1.19. The van der Waals surface area contributed by atoms with Crippen molar-refractivity contribution in [2.24, 2.45) is 0 Å². The lowest BCUT2D eigenvalue weighted by Crippen LogP contribution is -2.35. The van der Waals surface area contributed by atoms with Crippen LogP contribution in [0.1, 0.15) is 6.92 Å². The molecular formula is C6H7NO3. The smallest absolute Gasteiger partial charge is 0.271 e. The summed E-state index contributed by atoms with van der Waals surface area (Å²) in [6.07, 6.45) is 0. The van der Waals surface area contributed by atoms with Gasteiger partial charge in [0.15, 0.2) is 5.75 Å². The molecule has 4 heteroatoms. The van der Waals surface area contributed by atoms with Crippen LogP contribution in [-0.2, 0) is 0 Å². The SMILES string of the molecule is CCOc1c(N)c(=O)c1=O. The average molecular weight is 141 g/mol. The first-order valence-corrected chi connectivity index (χ1v) is 2.90. The van der Waals surface area contributed by atoms with Gasteiger partial charge in [-0.05, 0) is 6.92 Å². The Hall–Kier alpha value is -1.32. The van der Waals surface area contributed by atoms with Crippen LogP contribution in [0.15, 0.2) is 9.59 Å². The van der Waals surface area contributed by atoms with Crippen molar-refractivity contribution in [3.8, 4) is 5.75 Å². The normalized spacial score (nSPS) is 10.1. The zero-order valence-electron chi connectivity index (χ0n) is 5.51. The molecule has 1 aromatic carbocycles. The van der Waals surface area contributed by atoms with Crippen LogP contribution >= 0.6 is 0 Å². The Kier molecular flexibility index (Phi) is 1.45. The van der Waals surface area contributed by atoms with Crippen LogP contribution in [-0.4, -0.2) is 6.61 Å². The molecule has 0 saturated heterocycles. The predicted octanol–water partition coefficient (Wildman–Crippen LogP) is -0.736. The standard InChI is InChI=1S/C6H7NO3/c1-2-10-6-3(7)4(8)5(6)9/h2,7H2,1H3. The minimum atomic E-state index is -0.636. The van der Waals surface area contributed by atoms with Gasteiger partial charge < -0.3 is 10.5 Å². The molecule has 0 saturated carbocycles. The molecule has 0 atom stereocenters. The van der Waals surface area contributed by atoms with Gasteiger partial charge in [0.05, 0.1) is 6.61 Å². The van der Waals surface area contributed by atoms with Crippen LogP contribution in [0.25, 0.3) is 0 Å². The Bertz CT molecular complexity index is 308. The number of nitrogens with two attached hydrogens (primary N) is 1. The number of hydrogen-bond donors (Lipinski definition) is 1. The number of nitrogen functional groups attached to an aromatic ring is 1. The van der Waals surface area contributed by atoms with E-state index in [9.17, 15) is 9.59 Å². The molecule has 1 rings (SSSR count). The zero-order valence-corrected chi connectivity index (χ0v) is 5.51. The van der Waals surface area contributed by atoms with Crippen molar-refractivity contribution in [2.45, 2.75) is 6.92 Å². The Labute approximate surface area is 56.9 Å². The van der Waals surface area contributed by atoms with E-state index >= 15 is 0 Å². The highest BCUT2D eigenvalue weighted by atomic mass is 16.5.